The molecule has 3 amide bonds. The lowest BCUT2D eigenvalue weighted by Gasteiger charge is -2.34. The van der Waals surface area contributed by atoms with Crippen molar-refractivity contribution in [2.45, 2.75) is 44.6 Å². The molecule has 2 heterocycles. The fourth-order valence-corrected chi connectivity index (χ4v) is 3.50. The summed E-state index contributed by atoms with van der Waals surface area (Å²) in [7, 11) is 0. The zero-order chi connectivity index (χ0) is 17.6. The Morgan fingerprint density at radius 1 is 1.08 bits per heavy atom. The van der Waals surface area contributed by atoms with Gasteiger partial charge in [-0.2, -0.15) is 0 Å². The van der Waals surface area contributed by atoms with Gasteiger partial charge in [0.05, 0.1) is 0 Å². The molecule has 2 aliphatic rings. The van der Waals surface area contributed by atoms with E-state index in [9.17, 15) is 14.4 Å². The van der Waals surface area contributed by atoms with Crippen molar-refractivity contribution in [3.05, 3.63) is 35.9 Å². The van der Waals surface area contributed by atoms with E-state index in [-0.39, 0.29) is 24.5 Å². The van der Waals surface area contributed by atoms with Gasteiger partial charge in [-0.05, 0) is 37.7 Å². The molecule has 2 aliphatic heterocycles. The van der Waals surface area contributed by atoms with Crippen LogP contribution < -0.4 is 0 Å². The smallest absolute Gasteiger partial charge is 0.417 e. The van der Waals surface area contributed by atoms with E-state index in [0.29, 0.717) is 32.4 Å². The average Bonchev–Trinajstić information content (AvgIpc) is 2.98. The third kappa shape index (κ3) is 4.38. The van der Waals surface area contributed by atoms with Crippen molar-refractivity contribution in [1.82, 2.24) is 9.80 Å². The highest BCUT2D eigenvalue weighted by Crippen LogP contribution is 2.21. The Bertz CT molecular complexity index is 608. The van der Waals surface area contributed by atoms with E-state index in [1.165, 1.54) is 10.5 Å². The van der Waals surface area contributed by atoms with Crippen molar-refractivity contribution >= 4 is 17.9 Å². The third-order valence-electron chi connectivity index (χ3n) is 4.92. The zero-order valence-electron chi connectivity index (χ0n) is 14.4. The number of aryl methyl sites for hydroxylation is 1. The Morgan fingerprint density at radius 2 is 1.80 bits per heavy atom. The summed E-state index contributed by atoms with van der Waals surface area (Å²) in [6.45, 7) is 1.04. The Kier molecular flexibility index (Phi) is 5.68. The van der Waals surface area contributed by atoms with Crippen molar-refractivity contribution in [2.75, 3.05) is 19.7 Å². The molecule has 6 nitrogen and oxygen atoms in total. The maximum atomic E-state index is 12.3. The number of ether oxygens (including phenoxy) is 1. The van der Waals surface area contributed by atoms with E-state index in [2.05, 4.69) is 12.1 Å². The topological polar surface area (TPSA) is 66.9 Å². The van der Waals surface area contributed by atoms with Gasteiger partial charge in [0.25, 0.3) is 5.91 Å². The van der Waals surface area contributed by atoms with Gasteiger partial charge in [-0.1, -0.05) is 30.3 Å². The predicted octanol–water partition coefficient (Wildman–Crippen LogP) is 2.37. The minimum atomic E-state index is -0.546. The predicted molar refractivity (Wildman–Crippen MR) is 91.8 cm³/mol. The van der Waals surface area contributed by atoms with Crippen LogP contribution in [0.15, 0.2) is 30.3 Å². The minimum absolute atomic E-state index is 0.135. The number of likely N-dealkylation sites (tertiary alicyclic amines) is 1. The van der Waals surface area contributed by atoms with Gasteiger partial charge < -0.3 is 9.64 Å². The molecule has 134 valence electrons. The van der Waals surface area contributed by atoms with Crippen molar-refractivity contribution in [1.29, 1.82) is 0 Å². The van der Waals surface area contributed by atoms with E-state index in [1.54, 1.807) is 0 Å². The van der Waals surface area contributed by atoms with E-state index in [0.717, 1.165) is 19.3 Å². The number of amides is 3. The summed E-state index contributed by atoms with van der Waals surface area (Å²) in [6, 6.07) is 10.2. The van der Waals surface area contributed by atoms with E-state index in [4.69, 9.17) is 4.74 Å². The summed E-state index contributed by atoms with van der Waals surface area (Å²) in [5, 5.41) is 0. The Labute approximate surface area is 147 Å². The summed E-state index contributed by atoms with van der Waals surface area (Å²) < 4.78 is 4.76. The molecule has 0 saturated carbocycles. The molecule has 6 heteroatoms. The molecule has 0 atom stereocenters. The number of rotatable bonds is 6. The van der Waals surface area contributed by atoms with Gasteiger partial charge in [-0.15, -0.1) is 0 Å². The van der Waals surface area contributed by atoms with Crippen molar-refractivity contribution in [3.8, 4) is 0 Å². The van der Waals surface area contributed by atoms with Crippen LogP contribution in [-0.2, 0) is 20.7 Å². The first-order chi connectivity index (χ1) is 12.1. The van der Waals surface area contributed by atoms with Gasteiger partial charge in [0.15, 0.2) is 6.61 Å². The van der Waals surface area contributed by atoms with Gasteiger partial charge in [0, 0.05) is 25.6 Å². The monoisotopic (exact) mass is 344 g/mol. The van der Waals surface area contributed by atoms with Crippen LogP contribution in [0, 0.1) is 0 Å². The van der Waals surface area contributed by atoms with Crippen LogP contribution in [0.5, 0.6) is 0 Å². The molecule has 0 radical (unpaired) electrons. The lowest BCUT2D eigenvalue weighted by Crippen LogP contribution is -2.48. The molecule has 3 rings (SSSR count). The quantitative estimate of drug-likeness (QED) is 0.743. The first-order valence-electron chi connectivity index (χ1n) is 8.95. The second-order valence-electron chi connectivity index (χ2n) is 6.62. The first-order valence-corrected chi connectivity index (χ1v) is 8.95. The lowest BCUT2D eigenvalue weighted by molar-refractivity contribution is -0.133. The number of carbonyl (C=O) groups excluding carboxylic acids is 3. The Balaban J connectivity index is 1.37. The van der Waals surface area contributed by atoms with E-state index in [1.807, 2.05) is 23.1 Å². The molecular formula is C19H24N2O4. The Morgan fingerprint density at radius 3 is 2.44 bits per heavy atom. The standard InChI is InChI=1S/C19H24N2O4/c22-17(9-5-4-8-15-6-2-1-3-7-15)20-12-10-16(11-13-20)21-18(23)14-25-19(21)24/h1-3,6-7,16H,4-5,8-14H2. The number of piperidine rings is 1. The minimum Gasteiger partial charge on any atom is -0.439 e. The number of cyclic esters (lactones) is 1. The maximum absolute atomic E-state index is 12.3. The lowest BCUT2D eigenvalue weighted by atomic mass is 10.0. The third-order valence-corrected chi connectivity index (χ3v) is 4.92. The van der Waals surface area contributed by atoms with Crippen LogP contribution in [0.25, 0.3) is 0 Å². The second kappa shape index (κ2) is 8.14. The SMILES string of the molecule is O=C(CCCCc1ccccc1)N1CCC(N2C(=O)COC2=O)CC1. The number of imide groups is 1. The van der Waals surface area contributed by atoms with Crippen molar-refractivity contribution in [2.24, 2.45) is 0 Å². The molecular weight excluding hydrogens is 320 g/mol. The molecule has 0 unspecified atom stereocenters. The Hall–Kier alpha value is -2.37. The van der Waals surface area contributed by atoms with Crippen LogP contribution in [0.3, 0.4) is 0 Å². The number of benzene rings is 1. The van der Waals surface area contributed by atoms with Gasteiger partial charge in [0.1, 0.15) is 0 Å². The van der Waals surface area contributed by atoms with Gasteiger partial charge in [0.2, 0.25) is 5.91 Å². The molecule has 1 aromatic rings. The van der Waals surface area contributed by atoms with E-state index >= 15 is 0 Å². The molecule has 0 aliphatic carbocycles. The first kappa shape index (κ1) is 17.5. The van der Waals surface area contributed by atoms with Gasteiger partial charge >= 0.3 is 6.09 Å². The van der Waals surface area contributed by atoms with Crippen molar-refractivity contribution < 1.29 is 19.1 Å². The molecule has 25 heavy (non-hydrogen) atoms. The average molecular weight is 344 g/mol. The molecule has 0 N–H and O–H groups in total. The molecule has 0 aromatic heterocycles. The normalized spacial score (nSPS) is 18.6. The van der Waals surface area contributed by atoms with E-state index < -0.39 is 6.09 Å². The number of hydrogen-bond donors (Lipinski definition) is 0. The van der Waals surface area contributed by atoms with Gasteiger partial charge in [-0.3, -0.25) is 9.59 Å². The number of nitrogens with zero attached hydrogens (tertiary/aromatic N) is 2. The van der Waals surface area contributed by atoms with Crippen LogP contribution in [-0.4, -0.2) is 53.4 Å². The summed E-state index contributed by atoms with van der Waals surface area (Å²) in [4.78, 5) is 38.7. The molecule has 1 aromatic carbocycles. The molecule has 2 saturated heterocycles. The van der Waals surface area contributed by atoms with Crippen molar-refractivity contribution in [3.63, 3.8) is 0 Å². The van der Waals surface area contributed by atoms with Crippen LogP contribution >= 0.6 is 0 Å². The maximum Gasteiger partial charge on any atom is 0.417 e. The number of hydrogen-bond acceptors (Lipinski definition) is 4. The van der Waals surface area contributed by atoms with Crippen LogP contribution in [0.4, 0.5) is 4.79 Å². The molecule has 0 bridgehead atoms. The summed E-state index contributed by atoms with van der Waals surface area (Å²) in [5.74, 6) is -0.0995. The summed E-state index contributed by atoms with van der Waals surface area (Å²) >= 11 is 0. The highest BCUT2D eigenvalue weighted by Gasteiger charge is 2.38. The number of carbonyl (C=O) groups is 3. The summed E-state index contributed by atoms with van der Waals surface area (Å²) in [6.07, 6.45) is 4.16. The summed E-state index contributed by atoms with van der Waals surface area (Å²) in [5.41, 5.74) is 1.30. The fraction of sp³-hybridized carbons (Fsp3) is 0.526. The van der Waals surface area contributed by atoms with Crippen LogP contribution in [0.1, 0.15) is 37.7 Å². The number of unbranched alkanes of at least 4 members (excludes halogenated alkanes) is 1. The zero-order valence-corrected chi connectivity index (χ0v) is 14.4. The second-order valence-corrected chi connectivity index (χ2v) is 6.62. The van der Waals surface area contributed by atoms with Crippen LogP contribution in [0.2, 0.25) is 0 Å². The largest absolute Gasteiger partial charge is 0.439 e. The van der Waals surface area contributed by atoms with Gasteiger partial charge in [-0.25, -0.2) is 9.69 Å². The fourth-order valence-electron chi connectivity index (χ4n) is 3.50. The molecule has 0 spiro atoms. The highest BCUT2D eigenvalue weighted by atomic mass is 16.6. The highest BCUT2D eigenvalue weighted by molar-refractivity contribution is 5.98. The molecule has 2 fully saturated rings.